The third-order valence-electron chi connectivity index (χ3n) is 1.04. The normalized spacial score (nSPS) is 10.1. The van der Waals surface area contributed by atoms with E-state index in [1.165, 1.54) is 0 Å². The average molecular weight is 164 g/mol. The lowest BCUT2D eigenvalue weighted by molar-refractivity contribution is 0.303. The fourth-order valence-corrected chi connectivity index (χ4v) is 0.517. The molecule has 1 unspecified atom stereocenters. The van der Waals surface area contributed by atoms with Gasteiger partial charge in [-0.05, 0) is 12.8 Å². The van der Waals surface area contributed by atoms with Crippen molar-refractivity contribution in [2.45, 2.75) is 67.0 Å². The fourth-order valence-electron chi connectivity index (χ4n) is 0.517. The van der Waals surface area contributed by atoms with Gasteiger partial charge in [0.15, 0.2) is 0 Å². The summed E-state index contributed by atoms with van der Waals surface area (Å²) in [6.45, 7) is 11.9. The number of alkyl halides is 1. The molecule has 0 heterocycles. The van der Waals surface area contributed by atoms with Gasteiger partial charge in [-0.15, -0.1) is 0 Å². The van der Waals surface area contributed by atoms with Crippen LogP contribution in [0.25, 0.3) is 0 Å². The standard InChI is InChI=1S/C6H13F.2C2H6/c1-3-5-6(7)4-2;2*1-2/h6H,3-5H2,1-2H3;2*1-2H3. The molecule has 11 heavy (non-hydrogen) atoms. The van der Waals surface area contributed by atoms with Crippen molar-refractivity contribution in [1.29, 1.82) is 0 Å². The van der Waals surface area contributed by atoms with Crippen molar-refractivity contribution in [3.63, 3.8) is 0 Å². The molecule has 0 aliphatic carbocycles. The first-order valence-corrected chi connectivity index (χ1v) is 4.95. The topological polar surface area (TPSA) is 0 Å². The quantitative estimate of drug-likeness (QED) is 0.572. The summed E-state index contributed by atoms with van der Waals surface area (Å²) in [5.41, 5.74) is 0. The van der Waals surface area contributed by atoms with Crippen molar-refractivity contribution in [3.05, 3.63) is 0 Å². The molecule has 0 aromatic carbocycles. The fraction of sp³-hybridized carbons (Fsp3) is 1.00. The van der Waals surface area contributed by atoms with Crippen molar-refractivity contribution < 1.29 is 4.39 Å². The van der Waals surface area contributed by atoms with Crippen LogP contribution in [0.4, 0.5) is 4.39 Å². The van der Waals surface area contributed by atoms with Crippen LogP contribution in [-0.2, 0) is 0 Å². The van der Waals surface area contributed by atoms with Crippen LogP contribution in [0.5, 0.6) is 0 Å². The Morgan fingerprint density at radius 1 is 1.00 bits per heavy atom. The molecule has 0 nitrogen and oxygen atoms in total. The van der Waals surface area contributed by atoms with E-state index in [9.17, 15) is 4.39 Å². The minimum Gasteiger partial charge on any atom is -0.248 e. The Hall–Kier alpha value is -0.0700. The van der Waals surface area contributed by atoms with E-state index in [-0.39, 0.29) is 0 Å². The van der Waals surface area contributed by atoms with E-state index in [1.807, 2.05) is 41.5 Å². The monoisotopic (exact) mass is 164 g/mol. The highest BCUT2D eigenvalue weighted by atomic mass is 19.1. The lowest BCUT2D eigenvalue weighted by Crippen LogP contribution is -1.94. The highest BCUT2D eigenvalue weighted by molar-refractivity contribution is 4.48. The van der Waals surface area contributed by atoms with Crippen LogP contribution in [0.2, 0.25) is 0 Å². The lowest BCUT2D eigenvalue weighted by atomic mass is 10.2. The van der Waals surface area contributed by atoms with Crippen molar-refractivity contribution in [1.82, 2.24) is 0 Å². The number of hydrogen-bond donors (Lipinski definition) is 0. The maximum Gasteiger partial charge on any atom is 0.0998 e. The van der Waals surface area contributed by atoms with Crippen molar-refractivity contribution >= 4 is 0 Å². The molecule has 0 amide bonds. The highest BCUT2D eigenvalue weighted by Gasteiger charge is 1.97. The predicted octanol–water partition coefficient (Wildman–Crippen LogP) is 4.59. The largest absolute Gasteiger partial charge is 0.248 e. The van der Waals surface area contributed by atoms with E-state index < -0.39 is 6.17 Å². The van der Waals surface area contributed by atoms with Gasteiger partial charge >= 0.3 is 0 Å². The van der Waals surface area contributed by atoms with E-state index in [0.29, 0.717) is 6.42 Å². The molecular weight excluding hydrogens is 139 g/mol. The van der Waals surface area contributed by atoms with Crippen molar-refractivity contribution in [2.75, 3.05) is 0 Å². The van der Waals surface area contributed by atoms with Gasteiger partial charge < -0.3 is 0 Å². The first-order valence-electron chi connectivity index (χ1n) is 4.95. The van der Waals surface area contributed by atoms with E-state index >= 15 is 0 Å². The molecular formula is C10H25F. The molecule has 1 atom stereocenters. The summed E-state index contributed by atoms with van der Waals surface area (Å²) in [5, 5.41) is 0. The molecule has 72 valence electrons. The van der Waals surface area contributed by atoms with E-state index in [4.69, 9.17) is 0 Å². The first-order chi connectivity index (χ1) is 5.31. The molecule has 0 aliphatic rings. The Labute approximate surface area is 72.2 Å². The molecule has 0 saturated carbocycles. The molecule has 0 rings (SSSR count). The first kappa shape index (κ1) is 17.1. The van der Waals surface area contributed by atoms with Gasteiger partial charge in [0.2, 0.25) is 0 Å². The zero-order chi connectivity index (χ0) is 9.70. The van der Waals surface area contributed by atoms with Gasteiger partial charge in [0.05, 0.1) is 6.17 Å². The molecule has 0 aliphatic heterocycles. The number of rotatable bonds is 3. The van der Waals surface area contributed by atoms with Crippen molar-refractivity contribution in [3.8, 4) is 0 Å². The zero-order valence-electron chi connectivity index (χ0n) is 9.08. The van der Waals surface area contributed by atoms with Crippen LogP contribution in [0.3, 0.4) is 0 Å². The van der Waals surface area contributed by atoms with Gasteiger partial charge in [0.1, 0.15) is 0 Å². The maximum absolute atomic E-state index is 12.1. The van der Waals surface area contributed by atoms with E-state index in [1.54, 1.807) is 0 Å². The summed E-state index contributed by atoms with van der Waals surface area (Å²) in [6.07, 6.45) is 1.82. The Morgan fingerprint density at radius 3 is 1.45 bits per heavy atom. The molecule has 0 bridgehead atoms. The Morgan fingerprint density at radius 2 is 1.36 bits per heavy atom. The minimum absolute atomic E-state index is 0.551. The van der Waals surface area contributed by atoms with Gasteiger partial charge in [0, 0.05) is 0 Å². The van der Waals surface area contributed by atoms with E-state index in [2.05, 4.69) is 0 Å². The van der Waals surface area contributed by atoms with E-state index in [0.717, 1.165) is 12.8 Å². The third-order valence-corrected chi connectivity index (χ3v) is 1.04. The highest BCUT2D eigenvalue weighted by Crippen LogP contribution is 2.03. The summed E-state index contributed by atoms with van der Waals surface area (Å²) in [6, 6.07) is 0. The lowest BCUT2D eigenvalue weighted by Gasteiger charge is -1.98. The predicted molar refractivity (Wildman–Crippen MR) is 52.8 cm³/mol. The summed E-state index contributed by atoms with van der Waals surface area (Å²) in [4.78, 5) is 0. The summed E-state index contributed by atoms with van der Waals surface area (Å²) >= 11 is 0. The zero-order valence-corrected chi connectivity index (χ0v) is 9.08. The second kappa shape index (κ2) is 22.5. The van der Waals surface area contributed by atoms with Crippen LogP contribution in [-0.4, -0.2) is 6.17 Å². The number of hydrogen-bond acceptors (Lipinski definition) is 0. The van der Waals surface area contributed by atoms with Gasteiger partial charge in [-0.1, -0.05) is 48.0 Å². The van der Waals surface area contributed by atoms with Gasteiger partial charge in [0.25, 0.3) is 0 Å². The maximum atomic E-state index is 12.1. The average Bonchev–Trinajstić information content (AvgIpc) is 2.12. The van der Waals surface area contributed by atoms with Crippen LogP contribution >= 0.6 is 0 Å². The summed E-state index contributed by atoms with van der Waals surface area (Å²) in [5.74, 6) is 0. The molecule has 0 fully saturated rings. The Bertz CT molecular complexity index is 35.9. The van der Waals surface area contributed by atoms with Gasteiger partial charge in [-0.25, -0.2) is 4.39 Å². The SMILES string of the molecule is CC.CC.CCCC(F)CC. The molecule has 0 spiro atoms. The summed E-state index contributed by atoms with van der Waals surface area (Å²) < 4.78 is 12.1. The van der Waals surface area contributed by atoms with Crippen LogP contribution < -0.4 is 0 Å². The minimum atomic E-state index is -0.551. The molecule has 1 heteroatoms. The van der Waals surface area contributed by atoms with Gasteiger partial charge in [-0.3, -0.25) is 0 Å². The van der Waals surface area contributed by atoms with Crippen LogP contribution in [0.15, 0.2) is 0 Å². The smallest absolute Gasteiger partial charge is 0.0998 e. The molecule has 0 saturated heterocycles. The molecule has 0 aromatic rings. The second-order valence-electron chi connectivity index (χ2n) is 1.79. The molecule has 0 radical (unpaired) electrons. The Balaban J connectivity index is -0.000000138. The number of halogens is 1. The molecule has 0 aromatic heterocycles. The third kappa shape index (κ3) is 25.7. The Kier molecular flexibility index (Phi) is 35.1. The van der Waals surface area contributed by atoms with Gasteiger partial charge in [-0.2, -0.15) is 0 Å². The summed E-state index contributed by atoms with van der Waals surface area (Å²) in [7, 11) is 0. The van der Waals surface area contributed by atoms with Crippen LogP contribution in [0, 0.1) is 0 Å². The van der Waals surface area contributed by atoms with Crippen LogP contribution in [0.1, 0.15) is 60.8 Å². The van der Waals surface area contributed by atoms with Crippen molar-refractivity contribution in [2.24, 2.45) is 0 Å². The molecule has 0 N–H and O–H groups in total. The second-order valence-corrected chi connectivity index (χ2v) is 1.79.